The second kappa shape index (κ2) is 6.31. The fraction of sp³-hybridized carbons (Fsp3) is 0.583. The first-order valence-electron chi connectivity index (χ1n) is 6.46. The van der Waals surface area contributed by atoms with E-state index in [9.17, 15) is 9.59 Å². The number of nitrogens with zero attached hydrogens (tertiary/aromatic N) is 2. The van der Waals surface area contributed by atoms with Crippen LogP contribution in [0.3, 0.4) is 0 Å². The van der Waals surface area contributed by atoms with Crippen molar-refractivity contribution in [2.75, 3.05) is 20.2 Å². The van der Waals surface area contributed by atoms with Crippen molar-refractivity contribution in [1.29, 1.82) is 0 Å². The van der Waals surface area contributed by atoms with Gasteiger partial charge in [0.1, 0.15) is 0 Å². The summed E-state index contributed by atoms with van der Waals surface area (Å²) in [6, 6.07) is -0.276. The molecular weight excluding hydrogens is 300 g/mol. The van der Waals surface area contributed by atoms with Crippen molar-refractivity contribution in [3.63, 3.8) is 0 Å². The van der Waals surface area contributed by atoms with Crippen LogP contribution in [0.25, 0.3) is 0 Å². The summed E-state index contributed by atoms with van der Waals surface area (Å²) in [5.41, 5.74) is 0.616. The molecule has 21 heavy (non-hydrogen) atoms. The molecule has 3 N–H and O–H groups in total. The molecule has 0 saturated carbocycles. The molecule has 1 aromatic rings. The van der Waals surface area contributed by atoms with Gasteiger partial charge in [-0.3, -0.25) is 4.79 Å². The molecule has 116 valence electrons. The summed E-state index contributed by atoms with van der Waals surface area (Å²) in [7, 11) is 1.49. The van der Waals surface area contributed by atoms with Crippen LogP contribution >= 0.6 is 11.6 Å². The predicted octanol–water partition coefficient (Wildman–Crippen LogP) is 0.869. The van der Waals surface area contributed by atoms with Crippen molar-refractivity contribution in [3.05, 3.63) is 16.7 Å². The number of rotatable bonds is 3. The van der Waals surface area contributed by atoms with Gasteiger partial charge in [-0.1, -0.05) is 11.6 Å². The number of hydrogen-bond donors (Lipinski definition) is 3. The van der Waals surface area contributed by atoms with E-state index in [1.165, 1.54) is 12.0 Å². The van der Waals surface area contributed by atoms with Crippen LogP contribution in [0.5, 0.6) is 0 Å². The second-order valence-electron chi connectivity index (χ2n) is 4.87. The highest BCUT2D eigenvalue weighted by atomic mass is 35.5. The minimum Gasteiger partial charge on any atom is -0.465 e. The highest BCUT2D eigenvalue weighted by molar-refractivity contribution is 6.30. The summed E-state index contributed by atoms with van der Waals surface area (Å²) in [6.45, 7) is 2.28. The van der Waals surface area contributed by atoms with Crippen LogP contribution in [0.4, 0.5) is 4.79 Å². The molecule has 1 aliphatic rings. The molecule has 1 fully saturated rings. The minimum atomic E-state index is -0.990. The third-order valence-electron chi connectivity index (χ3n) is 3.49. The van der Waals surface area contributed by atoms with Crippen LogP contribution in [0.1, 0.15) is 22.7 Å². The first-order valence-corrected chi connectivity index (χ1v) is 6.83. The fourth-order valence-corrected chi connectivity index (χ4v) is 2.41. The van der Waals surface area contributed by atoms with E-state index in [2.05, 4.69) is 15.3 Å². The van der Waals surface area contributed by atoms with Crippen molar-refractivity contribution >= 4 is 23.6 Å². The number of piperidine rings is 1. The maximum atomic E-state index is 12.1. The van der Waals surface area contributed by atoms with Crippen LogP contribution in [0.15, 0.2) is 0 Å². The number of H-pyrrole nitrogens is 1. The van der Waals surface area contributed by atoms with Gasteiger partial charge < -0.3 is 25.0 Å². The molecule has 2 rings (SSSR count). The summed E-state index contributed by atoms with van der Waals surface area (Å²) in [4.78, 5) is 31.0. The molecule has 2 atom stereocenters. The molecule has 9 heteroatoms. The third kappa shape index (κ3) is 3.45. The number of aromatic nitrogens is 2. The standard InChI is InChI=1S/C12H17ClN4O4/c1-6-9(13)16-10(14-6)11(18)15-7-3-4-17(12(19)20)5-8(7)21-2/h7-8H,3-5H2,1-2H3,(H,14,16)(H,15,18)(H,19,20)/t7-,8+/m0/s1. The Morgan fingerprint density at radius 1 is 1.57 bits per heavy atom. The number of aromatic amines is 1. The number of imidazole rings is 1. The van der Waals surface area contributed by atoms with E-state index in [4.69, 9.17) is 21.4 Å². The fourth-order valence-electron chi connectivity index (χ4n) is 2.28. The van der Waals surface area contributed by atoms with E-state index in [-0.39, 0.29) is 29.5 Å². The van der Waals surface area contributed by atoms with Crippen LogP contribution in [0, 0.1) is 6.92 Å². The molecule has 0 radical (unpaired) electrons. The average Bonchev–Trinajstić information content (AvgIpc) is 2.79. The molecule has 1 aliphatic heterocycles. The number of carbonyl (C=O) groups is 2. The molecule has 0 aromatic carbocycles. The molecule has 2 amide bonds. The van der Waals surface area contributed by atoms with Gasteiger partial charge in [0, 0.05) is 13.7 Å². The summed E-state index contributed by atoms with van der Waals surface area (Å²) >= 11 is 5.81. The van der Waals surface area contributed by atoms with Crippen molar-refractivity contribution in [2.45, 2.75) is 25.5 Å². The number of carboxylic acid groups (broad SMARTS) is 1. The minimum absolute atomic E-state index is 0.132. The number of aryl methyl sites for hydroxylation is 1. The zero-order chi connectivity index (χ0) is 15.6. The molecule has 8 nitrogen and oxygen atoms in total. The van der Waals surface area contributed by atoms with Gasteiger partial charge in [-0.05, 0) is 13.3 Å². The number of likely N-dealkylation sites (tertiary alicyclic amines) is 1. The van der Waals surface area contributed by atoms with E-state index in [0.29, 0.717) is 18.7 Å². The van der Waals surface area contributed by atoms with Crippen molar-refractivity contribution in [1.82, 2.24) is 20.2 Å². The predicted molar refractivity (Wildman–Crippen MR) is 74.6 cm³/mol. The Morgan fingerprint density at radius 2 is 2.29 bits per heavy atom. The Labute approximate surface area is 126 Å². The number of carbonyl (C=O) groups excluding carboxylic acids is 1. The number of amides is 2. The highest BCUT2D eigenvalue weighted by Crippen LogP contribution is 2.15. The lowest BCUT2D eigenvalue weighted by Gasteiger charge is -2.36. The molecule has 0 aliphatic carbocycles. The van der Waals surface area contributed by atoms with E-state index >= 15 is 0 Å². The normalized spacial score (nSPS) is 22.1. The lowest BCUT2D eigenvalue weighted by molar-refractivity contribution is 0.0100. The maximum Gasteiger partial charge on any atom is 0.407 e. The Balaban J connectivity index is 2.01. The molecule has 1 aromatic heterocycles. The van der Waals surface area contributed by atoms with E-state index < -0.39 is 12.2 Å². The number of ether oxygens (including phenoxy) is 1. The Bertz CT molecular complexity index is 528. The Morgan fingerprint density at radius 3 is 2.81 bits per heavy atom. The average molecular weight is 317 g/mol. The van der Waals surface area contributed by atoms with Gasteiger partial charge in [0.25, 0.3) is 5.91 Å². The van der Waals surface area contributed by atoms with Gasteiger partial charge in [-0.15, -0.1) is 0 Å². The lowest BCUT2D eigenvalue weighted by Crippen LogP contribution is -2.55. The largest absolute Gasteiger partial charge is 0.465 e. The topological polar surface area (TPSA) is 108 Å². The van der Waals surface area contributed by atoms with Gasteiger partial charge >= 0.3 is 6.09 Å². The van der Waals surface area contributed by atoms with Crippen molar-refractivity contribution in [3.8, 4) is 0 Å². The molecule has 0 spiro atoms. The Hall–Kier alpha value is -1.80. The van der Waals surface area contributed by atoms with E-state index in [1.807, 2.05) is 0 Å². The Kier molecular flexibility index (Phi) is 4.69. The van der Waals surface area contributed by atoms with Gasteiger partial charge in [-0.25, -0.2) is 9.78 Å². The molecule has 2 heterocycles. The summed E-state index contributed by atoms with van der Waals surface area (Å²) < 4.78 is 5.27. The zero-order valence-corrected chi connectivity index (χ0v) is 12.5. The van der Waals surface area contributed by atoms with Gasteiger partial charge in [0.2, 0.25) is 0 Å². The molecule has 0 bridgehead atoms. The van der Waals surface area contributed by atoms with Crippen LogP contribution in [-0.2, 0) is 4.74 Å². The quantitative estimate of drug-likeness (QED) is 0.767. The molecule has 0 unspecified atom stereocenters. The number of methoxy groups -OCH3 is 1. The van der Waals surface area contributed by atoms with Crippen LogP contribution in [0.2, 0.25) is 5.15 Å². The van der Waals surface area contributed by atoms with Gasteiger partial charge in [0.15, 0.2) is 11.0 Å². The first kappa shape index (κ1) is 15.6. The second-order valence-corrected chi connectivity index (χ2v) is 5.23. The molecule has 1 saturated heterocycles. The summed E-state index contributed by atoms with van der Waals surface area (Å²) in [5, 5.41) is 12.0. The number of nitrogens with one attached hydrogen (secondary N) is 2. The SMILES string of the molecule is CO[C@@H]1CN(C(=O)O)CC[C@@H]1NC(=O)c1nc(Cl)c(C)[nH]1. The van der Waals surface area contributed by atoms with Crippen molar-refractivity contribution in [2.24, 2.45) is 0 Å². The van der Waals surface area contributed by atoms with Crippen LogP contribution < -0.4 is 5.32 Å². The lowest BCUT2D eigenvalue weighted by atomic mass is 10.0. The summed E-state index contributed by atoms with van der Waals surface area (Å²) in [5.74, 6) is -0.256. The van der Waals surface area contributed by atoms with Crippen LogP contribution in [-0.4, -0.2) is 64.3 Å². The first-order chi connectivity index (χ1) is 9.92. The number of hydrogen-bond acceptors (Lipinski definition) is 4. The van der Waals surface area contributed by atoms with Gasteiger partial charge in [-0.2, -0.15) is 0 Å². The molecular formula is C12H17ClN4O4. The maximum absolute atomic E-state index is 12.1. The van der Waals surface area contributed by atoms with E-state index in [0.717, 1.165) is 0 Å². The number of halogens is 1. The third-order valence-corrected chi connectivity index (χ3v) is 3.86. The van der Waals surface area contributed by atoms with Crippen molar-refractivity contribution < 1.29 is 19.4 Å². The highest BCUT2D eigenvalue weighted by Gasteiger charge is 2.33. The van der Waals surface area contributed by atoms with E-state index in [1.54, 1.807) is 6.92 Å². The smallest absolute Gasteiger partial charge is 0.407 e. The van der Waals surface area contributed by atoms with Gasteiger partial charge in [0.05, 0.1) is 24.4 Å². The monoisotopic (exact) mass is 316 g/mol. The summed E-state index contributed by atoms with van der Waals surface area (Å²) in [6.07, 6.45) is -0.912. The zero-order valence-electron chi connectivity index (χ0n) is 11.7.